The zero-order valence-corrected chi connectivity index (χ0v) is 11.7. The van der Waals surface area contributed by atoms with Gasteiger partial charge in [0.15, 0.2) is 0 Å². The highest BCUT2D eigenvalue weighted by atomic mass is 32.1. The molecule has 6 nitrogen and oxygen atoms in total. The minimum absolute atomic E-state index is 0.231. The lowest BCUT2D eigenvalue weighted by Crippen LogP contribution is -2.54. The van der Waals surface area contributed by atoms with Gasteiger partial charge >= 0.3 is 0 Å². The molecule has 2 N–H and O–H groups in total. The van der Waals surface area contributed by atoms with E-state index in [0.29, 0.717) is 24.4 Å². The molecule has 1 aliphatic rings. The smallest absolute Gasteiger partial charge is 0.268 e. The van der Waals surface area contributed by atoms with Gasteiger partial charge in [-0.3, -0.25) is 14.8 Å². The number of carbonyl (C=O) groups is 2. The predicted octanol–water partition coefficient (Wildman–Crippen LogP) is 0.917. The number of nitrogens with one attached hydrogen (secondary N) is 1. The van der Waals surface area contributed by atoms with E-state index in [1.54, 1.807) is 26.1 Å². The molecule has 2 rings (SSSR count). The molecule has 1 aromatic heterocycles. The zero-order valence-electron chi connectivity index (χ0n) is 10.9. The number of hydrogen-bond acceptors (Lipinski definition) is 5. The normalized spacial score (nSPS) is 20.5. The van der Waals surface area contributed by atoms with Gasteiger partial charge in [-0.15, -0.1) is 0 Å². The first kappa shape index (κ1) is 14.0. The van der Waals surface area contributed by atoms with Gasteiger partial charge in [0.25, 0.3) is 5.91 Å². The van der Waals surface area contributed by atoms with Gasteiger partial charge in [0.1, 0.15) is 6.04 Å². The molecule has 104 valence electrons. The van der Waals surface area contributed by atoms with Crippen LogP contribution in [-0.2, 0) is 15.0 Å². The molecule has 0 bridgehead atoms. The van der Waals surface area contributed by atoms with Crippen molar-refractivity contribution in [2.75, 3.05) is 6.54 Å². The maximum absolute atomic E-state index is 12.3. The molecule has 1 aromatic rings. The molecule has 0 spiro atoms. The highest BCUT2D eigenvalue weighted by Crippen LogP contribution is 2.26. The van der Waals surface area contributed by atoms with Gasteiger partial charge in [0, 0.05) is 17.6 Å². The first-order chi connectivity index (χ1) is 8.93. The Balaban J connectivity index is 2.07. The van der Waals surface area contributed by atoms with Crippen LogP contribution in [0.15, 0.2) is 12.3 Å². The second-order valence-corrected chi connectivity index (χ2v) is 5.96. The SMILES string of the molecule is CC(C)(C(=O)NC1CCCN(O)C1=O)c1ccns1. The number of aromatic nitrogens is 1. The van der Waals surface area contributed by atoms with Gasteiger partial charge in [0.05, 0.1) is 5.41 Å². The van der Waals surface area contributed by atoms with E-state index < -0.39 is 17.4 Å². The average Bonchev–Trinajstić information content (AvgIpc) is 2.89. The summed E-state index contributed by atoms with van der Waals surface area (Å²) in [5.41, 5.74) is -0.737. The van der Waals surface area contributed by atoms with Crippen LogP contribution < -0.4 is 5.32 Å². The number of piperidine rings is 1. The molecule has 19 heavy (non-hydrogen) atoms. The average molecular weight is 283 g/mol. The lowest BCUT2D eigenvalue weighted by Gasteiger charge is -2.30. The van der Waals surface area contributed by atoms with Crippen LogP contribution in [0, 0.1) is 0 Å². The number of hydrogen-bond donors (Lipinski definition) is 2. The van der Waals surface area contributed by atoms with Crippen LogP contribution in [0.25, 0.3) is 0 Å². The van der Waals surface area contributed by atoms with Crippen molar-refractivity contribution in [2.24, 2.45) is 0 Å². The molecular weight excluding hydrogens is 266 g/mol. The van der Waals surface area contributed by atoms with Crippen LogP contribution in [-0.4, -0.2) is 39.0 Å². The quantitative estimate of drug-likeness (QED) is 0.808. The summed E-state index contributed by atoms with van der Waals surface area (Å²) < 4.78 is 3.99. The highest BCUT2D eigenvalue weighted by molar-refractivity contribution is 7.06. The van der Waals surface area contributed by atoms with Crippen LogP contribution in [0.4, 0.5) is 0 Å². The van der Waals surface area contributed by atoms with Crippen molar-refractivity contribution in [3.63, 3.8) is 0 Å². The van der Waals surface area contributed by atoms with Crippen molar-refractivity contribution in [1.82, 2.24) is 14.8 Å². The molecule has 1 saturated heterocycles. The van der Waals surface area contributed by atoms with Crippen LogP contribution >= 0.6 is 11.5 Å². The lowest BCUT2D eigenvalue weighted by molar-refractivity contribution is -0.173. The maximum Gasteiger partial charge on any atom is 0.268 e. The van der Waals surface area contributed by atoms with E-state index in [2.05, 4.69) is 9.69 Å². The van der Waals surface area contributed by atoms with E-state index in [1.165, 1.54) is 11.5 Å². The van der Waals surface area contributed by atoms with Crippen molar-refractivity contribution in [3.8, 4) is 0 Å². The zero-order chi connectivity index (χ0) is 14.0. The van der Waals surface area contributed by atoms with Crippen molar-refractivity contribution >= 4 is 23.3 Å². The fourth-order valence-electron chi connectivity index (χ4n) is 1.98. The third-order valence-corrected chi connectivity index (χ3v) is 4.41. The standard InChI is InChI=1S/C12H17N3O3S/c1-12(2,9-5-6-13-19-9)11(17)14-8-4-3-7-15(18)10(8)16/h5-6,8,18H,3-4,7H2,1-2H3,(H,14,17). The van der Waals surface area contributed by atoms with Gasteiger partial charge in [-0.05, 0) is 44.3 Å². The molecule has 7 heteroatoms. The van der Waals surface area contributed by atoms with Gasteiger partial charge in [0.2, 0.25) is 5.91 Å². The molecule has 1 unspecified atom stereocenters. The van der Waals surface area contributed by atoms with Crippen LogP contribution in [0.1, 0.15) is 31.6 Å². The number of nitrogens with zero attached hydrogens (tertiary/aromatic N) is 2. The summed E-state index contributed by atoms with van der Waals surface area (Å²) in [6, 6.07) is 1.16. The van der Waals surface area contributed by atoms with Crippen LogP contribution in [0.5, 0.6) is 0 Å². The molecule has 2 heterocycles. The van der Waals surface area contributed by atoms with E-state index in [4.69, 9.17) is 0 Å². The fraction of sp³-hybridized carbons (Fsp3) is 0.583. The van der Waals surface area contributed by atoms with Gasteiger partial charge < -0.3 is 5.32 Å². The summed E-state index contributed by atoms with van der Waals surface area (Å²) in [5.74, 6) is -0.676. The highest BCUT2D eigenvalue weighted by Gasteiger charge is 2.36. The summed E-state index contributed by atoms with van der Waals surface area (Å²) in [4.78, 5) is 24.9. The molecule has 0 aromatic carbocycles. The summed E-state index contributed by atoms with van der Waals surface area (Å²) >= 11 is 1.27. The van der Waals surface area contributed by atoms with E-state index in [-0.39, 0.29) is 5.91 Å². The molecule has 1 aliphatic heterocycles. The lowest BCUT2D eigenvalue weighted by atomic mass is 9.89. The Morgan fingerprint density at radius 3 is 3.00 bits per heavy atom. The predicted molar refractivity (Wildman–Crippen MR) is 69.8 cm³/mol. The molecule has 0 aliphatic carbocycles. The third-order valence-electron chi connectivity index (χ3n) is 3.34. The molecule has 1 atom stereocenters. The van der Waals surface area contributed by atoms with Crippen molar-refractivity contribution < 1.29 is 14.8 Å². The third kappa shape index (κ3) is 2.76. The molecule has 0 radical (unpaired) electrons. The van der Waals surface area contributed by atoms with Crippen LogP contribution in [0.2, 0.25) is 0 Å². The van der Waals surface area contributed by atoms with E-state index in [0.717, 1.165) is 4.88 Å². The fourth-order valence-corrected chi connectivity index (χ4v) is 2.66. The number of rotatable bonds is 3. The number of amides is 2. The Hall–Kier alpha value is -1.47. The van der Waals surface area contributed by atoms with E-state index in [1.807, 2.05) is 0 Å². The van der Waals surface area contributed by atoms with Crippen molar-refractivity contribution in [2.45, 2.75) is 38.1 Å². The number of carbonyl (C=O) groups excluding carboxylic acids is 2. The molecule has 2 amide bonds. The largest absolute Gasteiger partial charge is 0.343 e. The summed E-state index contributed by atoms with van der Waals surface area (Å²) in [6.45, 7) is 3.91. The minimum atomic E-state index is -0.737. The monoisotopic (exact) mass is 283 g/mol. The first-order valence-electron chi connectivity index (χ1n) is 6.15. The summed E-state index contributed by atoms with van der Waals surface area (Å²) in [6.07, 6.45) is 2.88. The van der Waals surface area contributed by atoms with Crippen molar-refractivity contribution in [1.29, 1.82) is 0 Å². The Morgan fingerprint density at radius 2 is 2.37 bits per heavy atom. The van der Waals surface area contributed by atoms with Crippen LogP contribution in [0.3, 0.4) is 0 Å². The topological polar surface area (TPSA) is 82.5 Å². The van der Waals surface area contributed by atoms with E-state index >= 15 is 0 Å². The summed E-state index contributed by atoms with van der Waals surface area (Å²) in [5, 5.41) is 12.8. The van der Waals surface area contributed by atoms with Gasteiger partial charge in [-0.2, -0.15) is 0 Å². The van der Waals surface area contributed by atoms with Crippen molar-refractivity contribution in [3.05, 3.63) is 17.1 Å². The minimum Gasteiger partial charge on any atom is -0.343 e. The van der Waals surface area contributed by atoms with Gasteiger partial charge in [-0.1, -0.05) is 0 Å². The number of hydroxylamine groups is 2. The van der Waals surface area contributed by atoms with E-state index in [9.17, 15) is 14.8 Å². The molecule has 1 fully saturated rings. The Morgan fingerprint density at radius 1 is 1.63 bits per heavy atom. The molecule has 0 saturated carbocycles. The Labute approximate surface area is 115 Å². The second-order valence-electron chi connectivity index (χ2n) is 5.13. The Bertz CT molecular complexity index is 473. The van der Waals surface area contributed by atoms with Gasteiger partial charge in [-0.25, -0.2) is 9.44 Å². The maximum atomic E-state index is 12.3. The molecular formula is C12H17N3O3S. The second kappa shape index (κ2) is 5.26. The first-order valence-corrected chi connectivity index (χ1v) is 6.92. The Kier molecular flexibility index (Phi) is 3.86. The summed E-state index contributed by atoms with van der Waals surface area (Å²) in [7, 11) is 0.